The maximum Gasteiger partial charge on any atom is 0.417 e. The molecule has 0 spiro atoms. The Kier molecular flexibility index (Phi) is 5.43. The number of hydrogen-bond donors (Lipinski definition) is 1. The van der Waals surface area contributed by atoms with Crippen molar-refractivity contribution in [3.05, 3.63) is 70.3 Å². The van der Waals surface area contributed by atoms with Gasteiger partial charge in [-0.1, -0.05) is 24.0 Å². The van der Waals surface area contributed by atoms with Crippen molar-refractivity contribution in [3.63, 3.8) is 0 Å². The molecule has 0 radical (unpaired) electrons. The smallest absolute Gasteiger partial charge is 0.330 e. The van der Waals surface area contributed by atoms with Gasteiger partial charge in [0.1, 0.15) is 0 Å². The van der Waals surface area contributed by atoms with Gasteiger partial charge in [0.2, 0.25) is 0 Å². The van der Waals surface area contributed by atoms with Gasteiger partial charge in [0, 0.05) is 11.1 Å². The van der Waals surface area contributed by atoms with Gasteiger partial charge in [0.15, 0.2) is 0 Å². The Morgan fingerprint density at radius 2 is 1.44 bits per heavy atom. The molecular formula is C18H13F6N. The zero-order valence-corrected chi connectivity index (χ0v) is 12.8. The maximum atomic E-state index is 12.9. The first-order valence-corrected chi connectivity index (χ1v) is 7.21. The molecule has 1 nitrogen and oxygen atoms in total. The molecule has 2 N–H and O–H groups in total. The average molecular weight is 357 g/mol. The number of halogens is 6. The fraction of sp³-hybridized carbons (Fsp3) is 0.222. The van der Waals surface area contributed by atoms with E-state index in [2.05, 4.69) is 11.8 Å². The second-order valence-electron chi connectivity index (χ2n) is 5.20. The third kappa shape index (κ3) is 4.77. The Morgan fingerprint density at radius 3 is 2.04 bits per heavy atom. The number of alkyl halides is 6. The minimum atomic E-state index is -4.56. The zero-order valence-electron chi connectivity index (χ0n) is 12.8. The first-order chi connectivity index (χ1) is 11.6. The predicted octanol–water partition coefficient (Wildman–Crippen LogP) is 4.63. The summed E-state index contributed by atoms with van der Waals surface area (Å²) in [6.07, 6.45) is -8.95. The van der Waals surface area contributed by atoms with Crippen LogP contribution >= 0.6 is 0 Å². The number of benzene rings is 2. The largest absolute Gasteiger partial charge is 0.417 e. The summed E-state index contributed by atoms with van der Waals surface area (Å²) in [6.45, 7) is 0.0924. The van der Waals surface area contributed by atoms with Crippen molar-refractivity contribution in [2.24, 2.45) is 5.73 Å². The van der Waals surface area contributed by atoms with Crippen LogP contribution in [0, 0.1) is 11.8 Å². The molecule has 0 heterocycles. The summed E-state index contributed by atoms with van der Waals surface area (Å²) in [5.74, 6) is 4.93. The predicted molar refractivity (Wildman–Crippen MR) is 81.6 cm³/mol. The summed E-state index contributed by atoms with van der Waals surface area (Å²) in [7, 11) is 0. The van der Waals surface area contributed by atoms with Gasteiger partial charge in [-0.3, -0.25) is 0 Å². The Hall–Kier alpha value is -2.46. The summed E-state index contributed by atoms with van der Waals surface area (Å²) in [4.78, 5) is 0. The van der Waals surface area contributed by atoms with Crippen LogP contribution in [0.5, 0.6) is 0 Å². The molecule has 0 saturated carbocycles. The van der Waals surface area contributed by atoms with Crippen LogP contribution in [-0.4, -0.2) is 6.54 Å². The number of hydrogen-bond acceptors (Lipinski definition) is 1. The van der Waals surface area contributed by atoms with Crippen molar-refractivity contribution >= 4 is 0 Å². The highest BCUT2D eigenvalue weighted by Crippen LogP contribution is 2.32. The van der Waals surface area contributed by atoms with Crippen LogP contribution in [-0.2, 0) is 18.8 Å². The molecule has 0 fully saturated rings. The Labute approximate surface area is 140 Å². The van der Waals surface area contributed by atoms with Crippen LogP contribution in [0.2, 0.25) is 0 Å². The van der Waals surface area contributed by atoms with Crippen LogP contribution in [0.15, 0.2) is 42.5 Å². The first-order valence-electron chi connectivity index (χ1n) is 7.21. The molecule has 0 aliphatic rings. The number of nitrogens with two attached hydrogens (primary N) is 1. The summed E-state index contributed by atoms with van der Waals surface area (Å²) < 4.78 is 77.2. The van der Waals surface area contributed by atoms with E-state index < -0.39 is 23.5 Å². The highest BCUT2D eigenvalue weighted by molar-refractivity contribution is 5.50. The van der Waals surface area contributed by atoms with Crippen molar-refractivity contribution in [3.8, 4) is 11.8 Å². The number of rotatable bonds is 2. The molecule has 0 aliphatic heterocycles. The van der Waals surface area contributed by atoms with Gasteiger partial charge in [-0.25, -0.2) is 0 Å². The van der Waals surface area contributed by atoms with E-state index in [4.69, 9.17) is 5.73 Å². The van der Waals surface area contributed by atoms with Gasteiger partial charge >= 0.3 is 12.4 Å². The second-order valence-corrected chi connectivity index (χ2v) is 5.20. The van der Waals surface area contributed by atoms with Gasteiger partial charge in [-0.15, -0.1) is 0 Å². The summed E-state index contributed by atoms with van der Waals surface area (Å²) >= 11 is 0. The molecule has 2 aromatic rings. The van der Waals surface area contributed by atoms with Crippen molar-refractivity contribution in [2.45, 2.75) is 18.8 Å². The van der Waals surface area contributed by atoms with Gasteiger partial charge < -0.3 is 5.73 Å². The quantitative estimate of drug-likeness (QED) is 0.616. The lowest BCUT2D eigenvalue weighted by molar-refractivity contribution is -0.138. The van der Waals surface area contributed by atoms with E-state index >= 15 is 0 Å². The van der Waals surface area contributed by atoms with E-state index in [0.717, 1.165) is 24.3 Å². The molecule has 2 aromatic carbocycles. The van der Waals surface area contributed by atoms with Crippen molar-refractivity contribution in [1.29, 1.82) is 0 Å². The molecule has 25 heavy (non-hydrogen) atoms. The van der Waals surface area contributed by atoms with E-state index in [9.17, 15) is 26.3 Å². The topological polar surface area (TPSA) is 26.0 Å². The van der Waals surface area contributed by atoms with E-state index in [1.54, 1.807) is 0 Å². The minimum Gasteiger partial charge on any atom is -0.330 e. The molecule has 0 bridgehead atoms. The molecule has 0 aliphatic carbocycles. The molecule has 0 aromatic heterocycles. The van der Waals surface area contributed by atoms with E-state index in [1.807, 2.05) is 0 Å². The SMILES string of the molecule is NCCc1cc(C(F)(F)F)ccc1C#Cc1ccccc1C(F)(F)F. The highest BCUT2D eigenvalue weighted by atomic mass is 19.4. The summed E-state index contributed by atoms with van der Waals surface area (Å²) in [6, 6.07) is 7.68. The van der Waals surface area contributed by atoms with E-state index in [-0.39, 0.29) is 29.7 Å². The molecule has 0 atom stereocenters. The standard InChI is InChI=1S/C18H13F6N/c19-17(20,21)15-8-7-12(14(11-15)9-10-25)5-6-13-3-1-2-4-16(13)18(22,23)24/h1-4,7-8,11H,9-10,25H2. The zero-order chi connectivity index (χ0) is 18.7. The van der Waals surface area contributed by atoms with Crippen LogP contribution in [0.4, 0.5) is 26.3 Å². The van der Waals surface area contributed by atoms with Crippen LogP contribution in [0.3, 0.4) is 0 Å². The van der Waals surface area contributed by atoms with Crippen LogP contribution in [0.25, 0.3) is 0 Å². The first kappa shape index (κ1) is 18.9. The third-order valence-electron chi connectivity index (χ3n) is 3.41. The van der Waals surface area contributed by atoms with Gasteiger partial charge in [0.05, 0.1) is 11.1 Å². The molecule has 0 amide bonds. The fourth-order valence-electron chi connectivity index (χ4n) is 2.23. The van der Waals surface area contributed by atoms with Crippen LogP contribution in [0.1, 0.15) is 27.8 Å². The molecule has 0 unspecified atom stereocenters. The van der Waals surface area contributed by atoms with E-state index in [1.165, 1.54) is 18.2 Å². The Balaban J connectivity index is 2.48. The molecular weight excluding hydrogens is 344 g/mol. The molecule has 2 rings (SSSR count). The lowest BCUT2D eigenvalue weighted by Crippen LogP contribution is -2.09. The minimum absolute atomic E-state index is 0.0924. The fourth-order valence-corrected chi connectivity index (χ4v) is 2.23. The Morgan fingerprint density at radius 1 is 0.800 bits per heavy atom. The summed E-state index contributed by atoms with van der Waals surface area (Å²) in [5, 5.41) is 0. The lowest BCUT2D eigenvalue weighted by Gasteiger charge is -2.10. The van der Waals surface area contributed by atoms with Gasteiger partial charge in [-0.2, -0.15) is 26.3 Å². The van der Waals surface area contributed by atoms with Crippen molar-refractivity contribution in [1.82, 2.24) is 0 Å². The maximum absolute atomic E-state index is 12.9. The van der Waals surface area contributed by atoms with Gasteiger partial charge in [0.25, 0.3) is 0 Å². The molecule has 132 valence electrons. The average Bonchev–Trinajstić information content (AvgIpc) is 2.52. The van der Waals surface area contributed by atoms with Crippen LogP contribution < -0.4 is 5.73 Å². The Bertz CT molecular complexity index is 809. The molecule has 7 heteroatoms. The van der Waals surface area contributed by atoms with Crippen molar-refractivity contribution < 1.29 is 26.3 Å². The van der Waals surface area contributed by atoms with Gasteiger partial charge in [-0.05, 0) is 48.9 Å². The second kappa shape index (κ2) is 7.19. The van der Waals surface area contributed by atoms with E-state index in [0.29, 0.717) is 0 Å². The van der Waals surface area contributed by atoms with Crippen molar-refractivity contribution in [2.75, 3.05) is 6.54 Å². The summed E-state index contributed by atoms with van der Waals surface area (Å²) in [5.41, 5.74) is 3.88. The third-order valence-corrected chi connectivity index (χ3v) is 3.41. The molecule has 0 saturated heterocycles. The highest BCUT2D eigenvalue weighted by Gasteiger charge is 2.33. The monoisotopic (exact) mass is 357 g/mol. The lowest BCUT2D eigenvalue weighted by atomic mass is 10.00. The normalized spacial score (nSPS) is 11.8.